The van der Waals surface area contributed by atoms with E-state index >= 15 is 0 Å². The SMILES string of the molecule is CCc1cc[n-]c1C.[Y].[Y]. The van der Waals surface area contributed by atoms with Crippen molar-refractivity contribution in [2.24, 2.45) is 0 Å². The monoisotopic (exact) mass is 286 g/mol. The molecule has 3 heteroatoms. The second kappa shape index (κ2) is 7.15. The summed E-state index contributed by atoms with van der Waals surface area (Å²) < 4.78 is 0. The molecule has 0 aliphatic carbocycles. The summed E-state index contributed by atoms with van der Waals surface area (Å²) in [5.41, 5.74) is 2.54. The fraction of sp³-hybridized carbons (Fsp3) is 0.429. The van der Waals surface area contributed by atoms with E-state index in [1.807, 2.05) is 13.1 Å². The van der Waals surface area contributed by atoms with Crippen molar-refractivity contribution in [3.8, 4) is 0 Å². The minimum Gasteiger partial charge on any atom is -0.668 e. The Morgan fingerprint density at radius 3 is 2.20 bits per heavy atom. The fourth-order valence-corrected chi connectivity index (χ4v) is 0.816. The van der Waals surface area contributed by atoms with Gasteiger partial charge in [-0.15, -0.1) is 0 Å². The first kappa shape index (κ1) is 14.0. The van der Waals surface area contributed by atoms with Gasteiger partial charge in [-0.1, -0.05) is 25.5 Å². The summed E-state index contributed by atoms with van der Waals surface area (Å²) in [5, 5.41) is 0. The Labute approximate surface area is 113 Å². The van der Waals surface area contributed by atoms with Crippen LogP contribution in [-0.4, -0.2) is 0 Å². The molecular formula is C7H10NY2-. The van der Waals surface area contributed by atoms with Crippen molar-refractivity contribution in [1.29, 1.82) is 0 Å². The van der Waals surface area contributed by atoms with E-state index < -0.39 is 0 Å². The molecule has 1 aromatic heterocycles. The molecule has 1 rings (SSSR count). The van der Waals surface area contributed by atoms with E-state index in [0.29, 0.717) is 0 Å². The Hall–Kier alpha value is 1.49. The number of aromatic nitrogens is 1. The van der Waals surface area contributed by atoms with E-state index in [1.165, 1.54) is 11.3 Å². The van der Waals surface area contributed by atoms with Crippen LogP contribution in [0.25, 0.3) is 0 Å². The number of hydrogen-bond acceptors (Lipinski definition) is 0. The Morgan fingerprint density at radius 2 is 2.00 bits per heavy atom. The first-order chi connectivity index (χ1) is 3.84. The van der Waals surface area contributed by atoms with Crippen molar-refractivity contribution in [3.63, 3.8) is 0 Å². The van der Waals surface area contributed by atoms with Crippen LogP contribution in [0.2, 0.25) is 0 Å². The second-order valence-electron chi connectivity index (χ2n) is 1.91. The van der Waals surface area contributed by atoms with Gasteiger partial charge >= 0.3 is 0 Å². The maximum Gasteiger partial charge on any atom is 0 e. The Kier molecular flexibility index (Phi) is 10.0. The molecule has 10 heavy (non-hydrogen) atoms. The summed E-state index contributed by atoms with van der Waals surface area (Å²) in [6, 6.07) is 2.06. The maximum absolute atomic E-state index is 4.09. The van der Waals surface area contributed by atoms with E-state index in [0.717, 1.165) is 6.42 Å². The van der Waals surface area contributed by atoms with Gasteiger partial charge in [0.1, 0.15) is 0 Å². The van der Waals surface area contributed by atoms with Crippen LogP contribution < -0.4 is 4.98 Å². The Morgan fingerprint density at radius 1 is 1.40 bits per heavy atom. The van der Waals surface area contributed by atoms with Gasteiger partial charge in [0.05, 0.1) is 0 Å². The molecule has 0 bridgehead atoms. The van der Waals surface area contributed by atoms with Gasteiger partial charge in [0.25, 0.3) is 0 Å². The number of aryl methyl sites for hydroxylation is 2. The molecule has 0 amide bonds. The molecule has 0 saturated heterocycles. The first-order valence-corrected chi connectivity index (χ1v) is 2.91. The molecule has 0 aliphatic rings. The minimum absolute atomic E-state index is 0. The van der Waals surface area contributed by atoms with Gasteiger partial charge in [0.15, 0.2) is 0 Å². The average molecular weight is 286 g/mol. The van der Waals surface area contributed by atoms with Gasteiger partial charge in [0.2, 0.25) is 0 Å². The second-order valence-corrected chi connectivity index (χ2v) is 1.91. The van der Waals surface area contributed by atoms with Crippen molar-refractivity contribution < 1.29 is 65.4 Å². The molecule has 0 atom stereocenters. The van der Waals surface area contributed by atoms with Crippen molar-refractivity contribution in [1.82, 2.24) is 4.98 Å². The van der Waals surface area contributed by atoms with E-state index in [2.05, 4.69) is 18.0 Å². The molecule has 0 saturated carbocycles. The predicted molar refractivity (Wildman–Crippen MR) is 33.9 cm³/mol. The minimum atomic E-state index is 0. The molecule has 0 fully saturated rings. The van der Waals surface area contributed by atoms with E-state index in [-0.39, 0.29) is 65.4 Å². The Balaban J connectivity index is 0. The molecule has 0 N–H and O–H groups in total. The smallest absolute Gasteiger partial charge is 0 e. The topological polar surface area (TPSA) is 14.1 Å². The van der Waals surface area contributed by atoms with Crippen LogP contribution in [0.5, 0.6) is 0 Å². The van der Waals surface area contributed by atoms with Crippen molar-refractivity contribution in [2.75, 3.05) is 0 Å². The summed E-state index contributed by atoms with van der Waals surface area (Å²) in [6.45, 7) is 4.18. The van der Waals surface area contributed by atoms with Gasteiger partial charge in [-0.05, 0) is 6.42 Å². The molecule has 2 radical (unpaired) electrons. The van der Waals surface area contributed by atoms with Gasteiger partial charge in [-0.25, -0.2) is 0 Å². The third-order valence-corrected chi connectivity index (χ3v) is 1.39. The van der Waals surface area contributed by atoms with Crippen LogP contribution >= 0.6 is 0 Å². The van der Waals surface area contributed by atoms with Crippen molar-refractivity contribution >= 4 is 0 Å². The molecule has 1 nitrogen and oxygen atoms in total. The molecule has 0 unspecified atom stereocenters. The zero-order valence-corrected chi connectivity index (χ0v) is 12.1. The van der Waals surface area contributed by atoms with Crippen LogP contribution in [0.15, 0.2) is 12.3 Å². The van der Waals surface area contributed by atoms with Crippen LogP contribution in [-0.2, 0) is 71.8 Å². The van der Waals surface area contributed by atoms with Gasteiger partial charge in [0, 0.05) is 65.4 Å². The third kappa shape index (κ3) is 3.76. The summed E-state index contributed by atoms with van der Waals surface area (Å²) in [6.07, 6.45) is 2.96. The molecular weight excluding hydrogens is 276 g/mol. The van der Waals surface area contributed by atoms with Gasteiger partial charge in [-0.2, -0.15) is 11.9 Å². The van der Waals surface area contributed by atoms with E-state index in [4.69, 9.17) is 0 Å². The molecule has 0 aromatic carbocycles. The summed E-state index contributed by atoms with van der Waals surface area (Å²) in [5.74, 6) is 0. The van der Waals surface area contributed by atoms with E-state index in [9.17, 15) is 0 Å². The van der Waals surface area contributed by atoms with Crippen molar-refractivity contribution in [3.05, 3.63) is 23.5 Å². The molecule has 0 spiro atoms. The van der Waals surface area contributed by atoms with Crippen LogP contribution in [0.1, 0.15) is 18.2 Å². The molecule has 1 heterocycles. The normalized spacial score (nSPS) is 7.80. The fourth-order valence-electron chi connectivity index (χ4n) is 0.816. The van der Waals surface area contributed by atoms with Crippen LogP contribution in [0, 0.1) is 6.92 Å². The molecule has 50 valence electrons. The Bertz CT molecular complexity index is 172. The van der Waals surface area contributed by atoms with E-state index in [1.54, 1.807) is 0 Å². The first-order valence-electron chi connectivity index (χ1n) is 2.91. The quantitative estimate of drug-likeness (QED) is 0.763. The van der Waals surface area contributed by atoms with Crippen molar-refractivity contribution in [2.45, 2.75) is 20.3 Å². The predicted octanol–water partition coefficient (Wildman–Crippen LogP) is 1.51. The summed E-state index contributed by atoms with van der Waals surface area (Å²) in [7, 11) is 0. The number of nitrogens with zero attached hydrogens (tertiary/aromatic N) is 1. The number of hydrogen-bond donors (Lipinski definition) is 0. The largest absolute Gasteiger partial charge is 0.668 e. The van der Waals surface area contributed by atoms with Crippen LogP contribution in [0.3, 0.4) is 0 Å². The van der Waals surface area contributed by atoms with Gasteiger partial charge in [-0.3, -0.25) is 0 Å². The zero-order valence-electron chi connectivity index (χ0n) is 6.46. The summed E-state index contributed by atoms with van der Waals surface area (Å²) in [4.78, 5) is 4.09. The zero-order chi connectivity index (χ0) is 5.98. The molecule has 0 aliphatic heterocycles. The number of rotatable bonds is 1. The standard InChI is InChI=1S/C7H10N.2Y/c1-3-7-4-5-8-6(7)2;;/h4-5H,3H2,1-2H3;;/q-1;;. The average Bonchev–Trinajstić information content (AvgIpc) is 2.14. The summed E-state index contributed by atoms with van der Waals surface area (Å²) >= 11 is 0. The van der Waals surface area contributed by atoms with Gasteiger partial charge < -0.3 is 4.98 Å². The molecule has 1 aromatic rings. The van der Waals surface area contributed by atoms with Crippen LogP contribution in [0.4, 0.5) is 0 Å². The maximum atomic E-state index is 4.09. The third-order valence-electron chi connectivity index (χ3n) is 1.39.